The molecule has 0 aliphatic heterocycles. The topological polar surface area (TPSA) is 68.0 Å². The molecule has 0 saturated carbocycles. The van der Waals surface area contributed by atoms with Gasteiger partial charge in [0.25, 0.3) is 0 Å². The molecule has 1 aromatic carbocycles. The number of pyridine rings is 1. The van der Waals surface area contributed by atoms with Gasteiger partial charge in [-0.05, 0) is 17.5 Å². The van der Waals surface area contributed by atoms with Crippen molar-refractivity contribution in [1.82, 2.24) is 10.3 Å². The standard InChI is InChI=1S/C16H21N3O/c1-3-11(2)14(17)16(20)19-10-13-7-4-6-12-8-5-9-18-15(12)13/h4-9,11,14H,3,10,17H2,1-2H3,(H,19,20)/t11?,14-/m0/s1. The minimum absolute atomic E-state index is 0.104. The van der Waals surface area contributed by atoms with E-state index in [1.807, 2.05) is 44.2 Å². The first-order valence-electron chi connectivity index (χ1n) is 6.99. The first-order valence-corrected chi connectivity index (χ1v) is 6.99. The van der Waals surface area contributed by atoms with Gasteiger partial charge in [0.2, 0.25) is 5.91 Å². The summed E-state index contributed by atoms with van der Waals surface area (Å²) in [7, 11) is 0. The first kappa shape index (κ1) is 14.5. The van der Waals surface area contributed by atoms with Crippen LogP contribution in [-0.4, -0.2) is 16.9 Å². The smallest absolute Gasteiger partial charge is 0.237 e. The number of hydrogen-bond donors (Lipinski definition) is 2. The second-order valence-electron chi connectivity index (χ2n) is 5.12. The molecule has 0 aliphatic rings. The molecule has 106 valence electrons. The van der Waals surface area contributed by atoms with Crippen molar-refractivity contribution >= 4 is 16.8 Å². The van der Waals surface area contributed by atoms with E-state index in [0.717, 1.165) is 22.9 Å². The second kappa shape index (κ2) is 6.48. The molecule has 3 N–H and O–H groups in total. The molecular weight excluding hydrogens is 250 g/mol. The monoisotopic (exact) mass is 271 g/mol. The van der Waals surface area contributed by atoms with E-state index in [9.17, 15) is 4.79 Å². The lowest BCUT2D eigenvalue weighted by Gasteiger charge is -2.18. The van der Waals surface area contributed by atoms with Gasteiger partial charge in [-0.1, -0.05) is 44.5 Å². The molecule has 0 aliphatic carbocycles. The molecule has 20 heavy (non-hydrogen) atoms. The molecule has 1 amide bonds. The van der Waals surface area contributed by atoms with Crippen LogP contribution in [0.3, 0.4) is 0 Å². The van der Waals surface area contributed by atoms with Crippen molar-refractivity contribution in [2.45, 2.75) is 32.9 Å². The zero-order chi connectivity index (χ0) is 14.5. The number of rotatable bonds is 5. The predicted molar refractivity (Wildman–Crippen MR) is 81.0 cm³/mol. The van der Waals surface area contributed by atoms with Crippen LogP contribution in [0.15, 0.2) is 36.5 Å². The number of carbonyl (C=O) groups excluding carboxylic acids is 1. The molecule has 2 atom stereocenters. The van der Waals surface area contributed by atoms with Gasteiger partial charge in [-0.2, -0.15) is 0 Å². The lowest BCUT2D eigenvalue weighted by Crippen LogP contribution is -2.44. The summed E-state index contributed by atoms with van der Waals surface area (Å²) in [6, 6.07) is 9.42. The summed E-state index contributed by atoms with van der Waals surface area (Å²) in [5, 5.41) is 3.98. The molecule has 0 spiro atoms. The Kier molecular flexibility index (Phi) is 4.69. The zero-order valence-corrected chi connectivity index (χ0v) is 12.0. The fraction of sp³-hybridized carbons (Fsp3) is 0.375. The quantitative estimate of drug-likeness (QED) is 0.876. The summed E-state index contributed by atoms with van der Waals surface area (Å²) >= 11 is 0. The molecular formula is C16H21N3O. The number of hydrogen-bond acceptors (Lipinski definition) is 3. The Morgan fingerprint density at radius 2 is 2.10 bits per heavy atom. The van der Waals surface area contributed by atoms with Gasteiger partial charge >= 0.3 is 0 Å². The third-order valence-electron chi connectivity index (χ3n) is 3.73. The van der Waals surface area contributed by atoms with Crippen LogP contribution in [0.1, 0.15) is 25.8 Å². The molecule has 1 aromatic heterocycles. The number of nitrogens with two attached hydrogens (primary N) is 1. The fourth-order valence-electron chi connectivity index (χ4n) is 2.12. The predicted octanol–water partition coefficient (Wildman–Crippen LogP) is 2.22. The Bertz CT molecular complexity index is 592. The van der Waals surface area contributed by atoms with Crippen LogP contribution < -0.4 is 11.1 Å². The maximum atomic E-state index is 12.0. The molecule has 0 saturated heterocycles. The molecule has 0 radical (unpaired) electrons. The molecule has 0 bridgehead atoms. The van der Waals surface area contributed by atoms with Crippen LogP contribution >= 0.6 is 0 Å². The molecule has 2 aromatic rings. The third kappa shape index (κ3) is 3.14. The van der Waals surface area contributed by atoms with E-state index in [2.05, 4.69) is 10.3 Å². The van der Waals surface area contributed by atoms with Crippen molar-refractivity contribution in [3.05, 3.63) is 42.1 Å². The molecule has 1 unspecified atom stereocenters. The van der Waals surface area contributed by atoms with Crippen LogP contribution in [-0.2, 0) is 11.3 Å². The Balaban J connectivity index is 2.08. The van der Waals surface area contributed by atoms with Crippen LogP contribution in [0.2, 0.25) is 0 Å². The normalized spacial score (nSPS) is 13.9. The van der Waals surface area contributed by atoms with E-state index < -0.39 is 6.04 Å². The number of amides is 1. The van der Waals surface area contributed by atoms with Gasteiger partial charge in [0.05, 0.1) is 11.6 Å². The van der Waals surface area contributed by atoms with E-state index in [4.69, 9.17) is 5.73 Å². The summed E-state index contributed by atoms with van der Waals surface area (Å²) in [5.41, 5.74) is 7.85. The van der Waals surface area contributed by atoms with Gasteiger partial charge in [-0.25, -0.2) is 0 Å². The number of fused-ring (bicyclic) bond motifs is 1. The molecule has 0 fully saturated rings. The van der Waals surface area contributed by atoms with Crippen molar-refractivity contribution < 1.29 is 4.79 Å². The SMILES string of the molecule is CCC(C)[C@H](N)C(=O)NCc1cccc2cccnc12. The van der Waals surface area contributed by atoms with Gasteiger partial charge in [-0.15, -0.1) is 0 Å². The van der Waals surface area contributed by atoms with Gasteiger partial charge < -0.3 is 11.1 Å². The minimum atomic E-state index is -0.456. The maximum Gasteiger partial charge on any atom is 0.237 e. The summed E-state index contributed by atoms with van der Waals surface area (Å²) in [6.45, 7) is 4.48. The molecule has 1 heterocycles. The lowest BCUT2D eigenvalue weighted by molar-refractivity contribution is -0.123. The van der Waals surface area contributed by atoms with Crippen molar-refractivity contribution in [2.24, 2.45) is 11.7 Å². The highest BCUT2D eigenvalue weighted by Gasteiger charge is 2.19. The maximum absolute atomic E-state index is 12.0. The van der Waals surface area contributed by atoms with E-state index in [-0.39, 0.29) is 11.8 Å². The van der Waals surface area contributed by atoms with Gasteiger partial charge in [0, 0.05) is 18.1 Å². The highest BCUT2D eigenvalue weighted by atomic mass is 16.2. The van der Waals surface area contributed by atoms with Crippen LogP contribution in [0.4, 0.5) is 0 Å². The molecule has 2 rings (SSSR count). The first-order chi connectivity index (χ1) is 9.63. The largest absolute Gasteiger partial charge is 0.351 e. The number of para-hydroxylation sites is 1. The number of nitrogens with zero attached hydrogens (tertiary/aromatic N) is 1. The third-order valence-corrected chi connectivity index (χ3v) is 3.73. The molecule has 4 nitrogen and oxygen atoms in total. The Morgan fingerprint density at radius 1 is 1.35 bits per heavy atom. The number of aromatic nitrogens is 1. The van der Waals surface area contributed by atoms with E-state index >= 15 is 0 Å². The van der Waals surface area contributed by atoms with Crippen molar-refractivity contribution in [3.8, 4) is 0 Å². The fourth-order valence-corrected chi connectivity index (χ4v) is 2.12. The van der Waals surface area contributed by atoms with Crippen LogP contribution in [0, 0.1) is 5.92 Å². The zero-order valence-electron chi connectivity index (χ0n) is 12.0. The number of benzene rings is 1. The van der Waals surface area contributed by atoms with Gasteiger partial charge in [-0.3, -0.25) is 9.78 Å². The minimum Gasteiger partial charge on any atom is -0.351 e. The average molecular weight is 271 g/mol. The van der Waals surface area contributed by atoms with Crippen LogP contribution in [0.25, 0.3) is 10.9 Å². The Labute approximate surface area is 119 Å². The number of carbonyl (C=O) groups is 1. The van der Waals surface area contributed by atoms with Crippen molar-refractivity contribution in [3.63, 3.8) is 0 Å². The van der Waals surface area contributed by atoms with Crippen LogP contribution in [0.5, 0.6) is 0 Å². The molecule has 4 heteroatoms. The highest BCUT2D eigenvalue weighted by Crippen LogP contribution is 2.15. The Hall–Kier alpha value is -1.94. The lowest BCUT2D eigenvalue weighted by atomic mass is 9.99. The summed E-state index contributed by atoms with van der Waals surface area (Å²) in [4.78, 5) is 16.4. The highest BCUT2D eigenvalue weighted by molar-refractivity contribution is 5.84. The summed E-state index contributed by atoms with van der Waals surface area (Å²) in [5.74, 6) is 0.0768. The second-order valence-corrected chi connectivity index (χ2v) is 5.12. The van der Waals surface area contributed by atoms with E-state index in [1.54, 1.807) is 6.20 Å². The van der Waals surface area contributed by atoms with Gasteiger partial charge in [0.1, 0.15) is 0 Å². The van der Waals surface area contributed by atoms with Crippen molar-refractivity contribution in [2.75, 3.05) is 0 Å². The van der Waals surface area contributed by atoms with Gasteiger partial charge in [0.15, 0.2) is 0 Å². The van der Waals surface area contributed by atoms with E-state index in [1.165, 1.54) is 0 Å². The number of nitrogens with one attached hydrogen (secondary N) is 1. The average Bonchev–Trinajstić information content (AvgIpc) is 2.50. The summed E-state index contributed by atoms with van der Waals surface area (Å²) < 4.78 is 0. The summed E-state index contributed by atoms with van der Waals surface area (Å²) in [6.07, 6.45) is 2.66. The van der Waals surface area contributed by atoms with E-state index in [0.29, 0.717) is 6.54 Å². The Morgan fingerprint density at radius 3 is 2.85 bits per heavy atom. The van der Waals surface area contributed by atoms with Crippen molar-refractivity contribution in [1.29, 1.82) is 0 Å².